The average molecular weight is 241 g/mol. The van der Waals surface area contributed by atoms with Gasteiger partial charge in [-0.15, -0.1) is 0 Å². The summed E-state index contributed by atoms with van der Waals surface area (Å²) in [5.41, 5.74) is 0. The summed E-state index contributed by atoms with van der Waals surface area (Å²) < 4.78 is 10.00. The predicted octanol–water partition coefficient (Wildman–Crippen LogP) is 1.13. The number of furan rings is 1. The van der Waals surface area contributed by atoms with Gasteiger partial charge in [-0.2, -0.15) is 0 Å². The highest BCUT2D eigenvalue weighted by molar-refractivity contribution is 5.93. The maximum atomic E-state index is 11.6. The Kier molecular flexibility index (Phi) is 4.71. The average Bonchev–Trinajstić information content (AvgIpc) is 2.75. The number of rotatable bonds is 6. The van der Waals surface area contributed by atoms with E-state index in [-0.39, 0.29) is 17.6 Å². The van der Waals surface area contributed by atoms with Gasteiger partial charge in [0.05, 0.1) is 6.61 Å². The number of carboxylic acids is 1. The van der Waals surface area contributed by atoms with Crippen LogP contribution < -0.4 is 5.32 Å². The Bertz CT molecular complexity index is 398. The van der Waals surface area contributed by atoms with Crippen LogP contribution in [0.4, 0.5) is 0 Å². The zero-order valence-corrected chi connectivity index (χ0v) is 9.73. The molecule has 0 aliphatic heterocycles. The summed E-state index contributed by atoms with van der Waals surface area (Å²) in [5, 5.41) is 11.3. The molecule has 17 heavy (non-hydrogen) atoms. The van der Waals surface area contributed by atoms with Crippen LogP contribution in [0.5, 0.6) is 0 Å². The van der Waals surface area contributed by atoms with Gasteiger partial charge in [0.2, 0.25) is 5.76 Å². The molecule has 0 saturated carbocycles. The van der Waals surface area contributed by atoms with Crippen LogP contribution in [0, 0.1) is 0 Å². The van der Waals surface area contributed by atoms with E-state index in [1.807, 2.05) is 6.92 Å². The second kappa shape index (κ2) is 6.05. The molecule has 1 aromatic rings. The molecule has 1 rings (SSSR count). The molecular formula is C11H15NO5. The quantitative estimate of drug-likeness (QED) is 0.779. The molecule has 6 nitrogen and oxygen atoms in total. The number of amides is 1. The zero-order chi connectivity index (χ0) is 12.8. The molecule has 2 N–H and O–H groups in total. The zero-order valence-electron chi connectivity index (χ0n) is 9.73. The first-order valence-corrected chi connectivity index (χ1v) is 5.26. The molecule has 94 valence electrons. The van der Waals surface area contributed by atoms with E-state index in [4.69, 9.17) is 14.3 Å². The van der Waals surface area contributed by atoms with Gasteiger partial charge < -0.3 is 19.6 Å². The Hall–Kier alpha value is -1.82. The van der Waals surface area contributed by atoms with E-state index in [0.29, 0.717) is 13.2 Å². The number of ether oxygens (including phenoxy) is 1. The lowest BCUT2D eigenvalue weighted by atomic mass is 10.3. The first-order chi connectivity index (χ1) is 8.04. The summed E-state index contributed by atoms with van der Waals surface area (Å²) in [7, 11) is 0. The normalized spacial score (nSPS) is 12.1. The minimum absolute atomic E-state index is 0.0225. The smallest absolute Gasteiger partial charge is 0.371 e. The van der Waals surface area contributed by atoms with Crippen LogP contribution >= 0.6 is 0 Å². The minimum Gasteiger partial charge on any atom is -0.475 e. The fraction of sp³-hybridized carbons (Fsp3) is 0.455. The van der Waals surface area contributed by atoms with Crippen molar-refractivity contribution in [1.29, 1.82) is 0 Å². The van der Waals surface area contributed by atoms with Gasteiger partial charge >= 0.3 is 5.97 Å². The Labute approximate surface area is 98.6 Å². The number of carboxylic acid groups (broad SMARTS) is 1. The van der Waals surface area contributed by atoms with E-state index in [1.165, 1.54) is 12.1 Å². The van der Waals surface area contributed by atoms with Gasteiger partial charge in [-0.3, -0.25) is 4.79 Å². The van der Waals surface area contributed by atoms with Gasteiger partial charge in [0, 0.05) is 12.6 Å². The van der Waals surface area contributed by atoms with Crippen LogP contribution in [-0.2, 0) is 4.74 Å². The van der Waals surface area contributed by atoms with Crippen molar-refractivity contribution in [2.24, 2.45) is 0 Å². The molecule has 0 spiro atoms. The summed E-state index contributed by atoms with van der Waals surface area (Å²) in [5.74, 6) is -1.94. The summed E-state index contributed by atoms with van der Waals surface area (Å²) in [6.07, 6.45) is 0. The third-order valence-corrected chi connectivity index (χ3v) is 1.99. The first-order valence-electron chi connectivity index (χ1n) is 5.26. The van der Waals surface area contributed by atoms with Crippen LogP contribution in [0.3, 0.4) is 0 Å². The molecule has 1 aromatic heterocycles. The lowest BCUT2D eigenvalue weighted by Crippen LogP contribution is -2.35. The molecule has 0 aliphatic rings. The van der Waals surface area contributed by atoms with E-state index in [2.05, 4.69) is 5.32 Å². The highest BCUT2D eigenvalue weighted by atomic mass is 16.5. The summed E-state index contributed by atoms with van der Waals surface area (Å²) >= 11 is 0. The molecule has 6 heteroatoms. The monoisotopic (exact) mass is 241 g/mol. The molecule has 0 saturated heterocycles. The first kappa shape index (κ1) is 13.2. The number of carbonyl (C=O) groups excluding carboxylic acids is 1. The third-order valence-electron chi connectivity index (χ3n) is 1.99. The number of hydrogen-bond donors (Lipinski definition) is 2. The van der Waals surface area contributed by atoms with Crippen molar-refractivity contribution >= 4 is 11.9 Å². The number of nitrogens with one attached hydrogen (secondary N) is 1. The summed E-state index contributed by atoms with van der Waals surface area (Å²) in [6, 6.07) is 2.40. The minimum atomic E-state index is -1.20. The van der Waals surface area contributed by atoms with Crippen LogP contribution in [0.25, 0.3) is 0 Å². The van der Waals surface area contributed by atoms with Crippen molar-refractivity contribution in [3.63, 3.8) is 0 Å². The Morgan fingerprint density at radius 3 is 2.65 bits per heavy atom. The highest BCUT2D eigenvalue weighted by Crippen LogP contribution is 2.07. The second-order valence-corrected chi connectivity index (χ2v) is 3.50. The van der Waals surface area contributed by atoms with E-state index in [0.717, 1.165) is 0 Å². The van der Waals surface area contributed by atoms with E-state index >= 15 is 0 Å². The van der Waals surface area contributed by atoms with E-state index in [9.17, 15) is 9.59 Å². The molecule has 0 radical (unpaired) electrons. The molecule has 0 bridgehead atoms. The second-order valence-electron chi connectivity index (χ2n) is 3.50. The Morgan fingerprint density at radius 2 is 2.12 bits per heavy atom. The molecule has 0 fully saturated rings. The number of carbonyl (C=O) groups is 2. The highest BCUT2D eigenvalue weighted by Gasteiger charge is 2.16. The maximum Gasteiger partial charge on any atom is 0.371 e. The van der Waals surface area contributed by atoms with Gasteiger partial charge in [0.1, 0.15) is 0 Å². The Morgan fingerprint density at radius 1 is 1.47 bits per heavy atom. The van der Waals surface area contributed by atoms with Crippen LogP contribution in [0.15, 0.2) is 16.5 Å². The fourth-order valence-corrected chi connectivity index (χ4v) is 1.21. The topological polar surface area (TPSA) is 88.8 Å². The summed E-state index contributed by atoms with van der Waals surface area (Å²) in [4.78, 5) is 22.2. The molecule has 0 aromatic carbocycles. The molecule has 1 heterocycles. The van der Waals surface area contributed by atoms with Crippen molar-refractivity contribution in [1.82, 2.24) is 5.32 Å². The number of aromatic carboxylic acids is 1. The van der Waals surface area contributed by atoms with Crippen molar-refractivity contribution in [3.05, 3.63) is 23.7 Å². The van der Waals surface area contributed by atoms with Crippen LogP contribution in [-0.4, -0.2) is 36.2 Å². The lowest BCUT2D eigenvalue weighted by molar-refractivity contribution is 0.0658. The van der Waals surface area contributed by atoms with E-state index in [1.54, 1.807) is 6.92 Å². The SMILES string of the molecule is CCOCC(C)NC(=O)c1ccc(C(=O)O)o1. The third kappa shape index (κ3) is 3.92. The Balaban J connectivity index is 2.54. The largest absolute Gasteiger partial charge is 0.475 e. The van der Waals surface area contributed by atoms with Crippen molar-refractivity contribution in [3.8, 4) is 0 Å². The molecule has 1 atom stereocenters. The van der Waals surface area contributed by atoms with E-state index < -0.39 is 11.9 Å². The lowest BCUT2D eigenvalue weighted by Gasteiger charge is -2.12. The fourth-order valence-electron chi connectivity index (χ4n) is 1.21. The van der Waals surface area contributed by atoms with Crippen LogP contribution in [0.1, 0.15) is 35.0 Å². The molecule has 1 unspecified atom stereocenters. The standard InChI is InChI=1S/C11H15NO5/c1-3-16-6-7(2)12-10(13)8-4-5-9(17-8)11(14)15/h4-5,7H,3,6H2,1-2H3,(H,12,13)(H,14,15). The van der Waals surface area contributed by atoms with Gasteiger partial charge in [-0.1, -0.05) is 0 Å². The molecule has 1 amide bonds. The molecule has 0 aliphatic carbocycles. The van der Waals surface area contributed by atoms with Gasteiger partial charge in [0.25, 0.3) is 5.91 Å². The number of hydrogen-bond acceptors (Lipinski definition) is 4. The van der Waals surface area contributed by atoms with Gasteiger partial charge in [0.15, 0.2) is 5.76 Å². The van der Waals surface area contributed by atoms with Crippen LogP contribution in [0.2, 0.25) is 0 Å². The van der Waals surface area contributed by atoms with Gasteiger partial charge in [-0.25, -0.2) is 4.79 Å². The van der Waals surface area contributed by atoms with Crippen molar-refractivity contribution in [2.45, 2.75) is 19.9 Å². The van der Waals surface area contributed by atoms with Crippen molar-refractivity contribution in [2.75, 3.05) is 13.2 Å². The maximum absolute atomic E-state index is 11.6. The molecular weight excluding hydrogens is 226 g/mol. The van der Waals surface area contributed by atoms with Gasteiger partial charge in [-0.05, 0) is 26.0 Å². The predicted molar refractivity (Wildman–Crippen MR) is 59.1 cm³/mol. The van der Waals surface area contributed by atoms with Crippen molar-refractivity contribution < 1.29 is 23.8 Å². The summed E-state index contributed by atoms with van der Waals surface area (Å²) in [6.45, 7) is 4.62.